The summed E-state index contributed by atoms with van der Waals surface area (Å²) in [6.07, 6.45) is 1.44. The minimum atomic E-state index is -0.461. The van der Waals surface area contributed by atoms with Gasteiger partial charge in [0.05, 0.1) is 5.39 Å². The predicted octanol–water partition coefficient (Wildman–Crippen LogP) is 1.72. The van der Waals surface area contributed by atoms with Crippen LogP contribution in [0.1, 0.15) is 21.6 Å². The Morgan fingerprint density at radius 1 is 1.24 bits per heavy atom. The van der Waals surface area contributed by atoms with Crippen molar-refractivity contribution < 1.29 is 4.79 Å². The Kier molecular flexibility index (Phi) is 2.86. The minimum absolute atomic E-state index is 0.449. The Morgan fingerprint density at radius 2 is 2.00 bits per heavy atom. The highest BCUT2D eigenvalue weighted by molar-refractivity contribution is 5.94. The van der Waals surface area contributed by atoms with Gasteiger partial charge < -0.3 is 11.5 Å². The Labute approximate surface area is 121 Å². The molecule has 0 fully saturated rings. The smallest absolute Gasteiger partial charge is 0.248 e. The molecule has 0 spiro atoms. The molecule has 3 aromatic rings. The number of nitrogen functional groups attached to an aromatic ring is 1. The van der Waals surface area contributed by atoms with E-state index in [1.807, 2.05) is 24.5 Å². The second kappa shape index (κ2) is 4.59. The van der Waals surface area contributed by atoms with Crippen molar-refractivity contribution in [1.29, 1.82) is 0 Å². The fourth-order valence-corrected chi connectivity index (χ4v) is 2.54. The Balaban J connectivity index is 2.36. The Hall–Kier alpha value is -2.89. The van der Waals surface area contributed by atoms with E-state index in [0.717, 1.165) is 28.0 Å². The number of rotatable bonds is 2. The van der Waals surface area contributed by atoms with Gasteiger partial charge in [-0.05, 0) is 37.6 Å². The van der Waals surface area contributed by atoms with Gasteiger partial charge in [0, 0.05) is 16.9 Å². The summed E-state index contributed by atoms with van der Waals surface area (Å²) in [6.45, 7) is 3.96. The third kappa shape index (κ3) is 1.92. The summed E-state index contributed by atoms with van der Waals surface area (Å²) >= 11 is 0. The summed E-state index contributed by atoms with van der Waals surface area (Å²) in [6, 6.07) is 7.12. The van der Waals surface area contributed by atoms with E-state index in [1.165, 1.54) is 6.33 Å². The molecule has 0 atom stereocenters. The highest BCUT2D eigenvalue weighted by atomic mass is 16.1. The van der Waals surface area contributed by atoms with Crippen LogP contribution in [0.15, 0.2) is 30.6 Å². The average Bonchev–Trinajstić information content (AvgIpc) is 2.72. The molecular formula is C15H15N5O. The third-order valence-corrected chi connectivity index (χ3v) is 3.71. The molecular weight excluding hydrogens is 266 g/mol. The number of primary amides is 1. The zero-order valence-corrected chi connectivity index (χ0v) is 11.8. The van der Waals surface area contributed by atoms with Gasteiger partial charge in [0.1, 0.15) is 12.1 Å². The molecule has 0 aliphatic carbocycles. The quantitative estimate of drug-likeness (QED) is 0.746. The van der Waals surface area contributed by atoms with Crippen LogP contribution in [0.2, 0.25) is 0 Å². The molecule has 0 radical (unpaired) electrons. The van der Waals surface area contributed by atoms with Crippen molar-refractivity contribution in [3.05, 3.63) is 47.4 Å². The number of hydrogen-bond acceptors (Lipinski definition) is 4. The van der Waals surface area contributed by atoms with Crippen LogP contribution in [0.5, 0.6) is 0 Å². The van der Waals surface area contributed by atoms with Crippen molar-refractivity contribution in [3.63, 3.8) is 0 Å². The lowest BCUT2D eigenvalue weighted by atomic mass is 10.2. The van der Waals surface area contributed by atoms with E-state index >= 15 is 0 Å². The maximum atomic E-state index is 11.4. The van der Waals surface area contributed by atoms with E-state index < -0.39 is 5.91 Å². The number of nitrogens with zero attached hydrogens (tertiary/aromatic N) is 3. The predicted molar refractivity (Wildman–Crippen MR) is 81.3 cm³/mol. The number of carbonyl (C=O) groups excluding carboxylic acids is 1. The topological polar surface area (TPSA) is 99.8 Å². The standard InChI is InChI=1S/C15H15N5O/c1-8-9(2)20(15-12(8)13(16)18-7-19-15)11-5-3-4-10(6-11)14(17)21/h3-7H,1-2H3,(H2,17,21)(H2,16,18,19). The van der Waals surface area contributed by atoms with E-state index in [4.69, 9.17) is 11.5 Å². The van der Waals surface area contributed by atoms with Gasteiger partial charge in [-0.2, -0.15) is 0 Å². The van der Waals surface area contributed by atoms with Gasteiger partial charge in [-0.3, -0.25) is 9.36 Å². The lowest BCUT2D eigenvalue weighted by molar-refractivity contribution is 0.100. The largest absolute Gasteiger partial charge is 0.383 e. The molecule has 6 nitrogen and oxygen atoms in total. The number of amides is 1. The Bertz CT molecular complexity index is 866. The second-order valence-electron chi connectivity index (χ2n) is 4.92. The van der Waals surface area contributed by atoms with Gasteiger partial charge in [0.2, 0.25) is 5.91 Å². The van der Waals surface area contributed by atoms with Crippen LogP contribution in [0.25, 0.3) is 16.7 Å². The summed E-state index contributed by atoms with van der Waals surface area (Å²) < 4.78 is 1.95. The van der Waals surface area contributed by atoms with Crippen molar-refractivity contribution in [2.75, 3.05) is 5.73 Å². The van der Waals surface area contributed by atoms with Crippen molar-refractivity contribution >= 4 is 22.8 Å². The number of anilines is 1. The van der Waals surface area contributed by atoms with Crippen molar-refractivity contribution in [2.24, 2.45) is 5.73 Å². The molecule has 0 saturated heterocycles. The number of aromatic nitrogens is 3. The van der Waals surface area contributed by atoms with Gasteiger partial charge in [0.15, 0.2) is 5.65 Å². The van der Waals surface area contributed by atoms with Crippen molar-refractivity contribution in [2.45, 2.75) is 13.8 Å². The lowest BCUT2D eigenvalue weighted by Gasteiger charge is -2.09. The molecule has 0 saturated carbocycles. The molecule has 0 bridgehead atoms. The fourth-order valence-electron chi connectivity index (χ4n) is 2.54. The zero-order valence-electron chi connectivity index (χ0n) is 11.8. The van der Waals surface area contributed by atoms with E-state index in [-0.39, 0.29) is 0 Å². The van der Waals surface area contributed by atoms with Crippen LogP contribution >= 0.6 is 0 Å². The molecule has 0 aliphatic heterocycles. The van der Waals surface area contributed by atoms with Crippen LogP contribution in [0, 0.1) is 13.8 Å². The van der Waals surface area contributed by atoms with Crippen LogP contribution in [-0.2, 0) is 0 Å². The molecule has 3 rings (SSSR count). The SMILES string of the molecule is Cc1c(C)n(-c2cccc(C(N)=O)c2)c2ncnc(N)c12. The van der Waals surface area contributed by atoms with Gasteiger partial charge in [0.25, 0.3) is 0 Å². The average molecular weight is 281 g/mol. The molecule has 2 aromatic heterocycles. The van der Waals surface area contributed by atoms with Crippen molar-refractivity contribution in [1.82, 2.24) is 14.5 Å². The molecule has 4 N–H and O–H groups in total. The number of benzene rings is 1. The first kappa shape index (κ1) is 13.1. The minimum Gasteiger partial charge on any atom is -0.383 e. The monoisotopic (exact) mass is 281 g/mol. The van der Waals surface area contributed by atoms with E-state index in [2.05, 4.69) is 9.97 Å². The summed E-state index contributed by atoms with van der Waals surface area (Å²) in [5.74, 6) is -0.0118. The van der Waals surface area contributed by atoms with Crippen LogP contribution in [-0.4, -0.2) is 20.4 Å². The lowest BCUT2D eigenvalue weighted by Crippen LogP contribution is -2.11. The number of nitrogens with two attached hydrogens (primary N) is 2. The van der Waals surface area contributed by atoms with E-state index in [9.17, 15) is 4.79 Å². The van der Waals surface area contributed by atoms with E-state index in [0.29, 0.717) is 11.4 Å². The molecule has 21 heavy (non-hydrogen) atoms. The second-order valence-corrected chi connectivity index (χ2v) is 4.92. The van der Waals surface area contributed by atoms with Gasteiger partial charge in [-0.15, -0.1) is 0 Å². The normalized spacial score (nSPS) is 11.0. The first-order valence-corrected chi connectivity index (χ1v) is 6.49. The molecule has 2 heterocycles. The summed E-state index contributed by atoms with van der Waals surface area (Å²) in [4.78, 5) is 19.7. The number of carbonyl (C=O) groups is 1. The molecule has 106 valence electrons. The van der Waals surface area contributed by atoms with Gasteiger partial charge >= 0.3 is 0 Å². The first-order valence-electron chi connectivity index (χ1n) is 6.49. The van der Waals surface area contributed by atoms with Crippen LogP contribution < -0.4 is 11.5 Å². The highest BCUT2D eigenvalue weighted by Crippen LogP contribution is 2.29. The summed E-state index contributed by atoms with van der Waals surface area (Å²) in [7, 11) is 0. The molecule has 1 amide bonds. The summed E-state index contributed by atoms with van der Waals surface area (Å²) in [5.41, 5.74) is 15.3. The molecule has 1 aromatic carbocycles. The third-order valence-electron chi connectivity index (χ3n) is 3.71. The maximum Gasteiger partial charge on any atom is 0.248 e. The van der Waals surface area contributed by atoms with Crippen LogP contribution in [0.3, 0.4) is 0 Å². The Morgan fingerprint density at radius 3 is 2.71 bits per heavy atom. The zero-order chi connectivity index (χ0) is 15.1. The first-order chi connectivity index (χ1) is 10.0. The number of hydrogen-bond donors (Lipinski definition) is 2. The number of fused-ring (bicyclic) bond motifs is 1. The molecule has 6 heteroatoms. The van der Waals surface area contributed by atoms with Gasteiger partial charge in [-0.25, -0.2) is 9.97 Å². The fraction of sp³-hybridized carbons (Fsp3) is 0.133. The molecule has 0 aliphatic rings. The van der Waals surface area contributed by atoms with E-state index in [1.54, 1.807) is 18.2 Å². The van der Waals surface area contributed by atoms with Gasteiger partial charge in [-0.1, -0.05) is 6.07 Å². The molecule has 0 unspecified atom stereocenters. The number of aryl methyl sites for hydroxylation is 1. The highest BCUT2D eigenvalue weighted by Gasteiger charge is 2.16. The maximum absolute atomic E-state index is 11.4. The van der Waals surface area contributed by atoms with Crippen LogP contribution in [0.4, 0.5) is 5.82 Å². The summed E-state index contributed by atoms with van der Waals surface area (Å²) in [5, 5.41) is 0.833. The van der Waals surface area contributed by atoms with Crippen molar-refractivity contribution in [3.8, 4) is 5.69 Å².